The number of aromatic nitrogens is 1. The van der Waals surface area contributed by atoms with Crippen molar-refractivity contribution in [2.75, 3.05) is 6.61 Å². The second-order valence-corrected chi connectivity index (χ2v) is 4.24. The van der Waals surface area contributed by atoms with Crippen LogP contribution in [0.15, 0.2) is 24.3 Å². The number of halogens is 2. The maximum Gasteiger partial charge on any atom is 0.338 e. The third kappa shape index (κ3) is 2.51. The van der Waals surface area contributed by atoms with Gasteiger partial charge in [0.05, 0.1) is 23.4 Å². The Labute approximate surface area is 112 Å². The van der Waals surface area contributed by atoms with Gasteiger partial charge >= 0.3 is 5.97 Å². The van der Waals surface area contributed by atoms with Crippen LogP contribution in [0.5, 0.6) is 0 Å². The lowest BCUT2D eigenvalue weighted by molar-refractivity contribution is 0.0528. The van der Waals surface area contributed by atoms with Crippen molar-refractivity contribution in [1.82, 2.24) is 4.98 Å². The fourth-order valence-corrected chi connectivity index (χ4v) is 1.99. The van der Waals surface area contributed by atoms with Gasteiger partial charge < -0.3 is 4.74 Å². The lowest BCUT2D eigenvalue weighted by Gasteiger charge is -2.08. The number of pyridine rings is 1. The van der Waals surface area contributed by atoms with Crippen LogP contribution in [0.4, 0.5) is 4.39 Å². The second-order valence-electron chi connectivity index (χ2n) is 3.68. The fraction of sp³-hybridized carbons (Fsp3) is 0.231. The highest BCUT2D eigenvalue weighted by molar-refractivity contribution is 9.08. The van der Waals surface area contributed by atoms with Crippen LogP contribution in [0.2, 0.25) is 0 Å². The van der Waals surface area contributed by atoms with E-state index in [2.05, 4.69) is 20.9 Å². The first-order valence-corrected chi connectivity index (χ1v) is 6.60. The molecule has 0 saturated heterocycles. The number of carbonyl (C=O) groups excluding carboxylic acids is 1. The number of carbonyl (C=O) groups is 1. The van der Waals surface area contributed by atoms with Crippen molar-refractivity contribution < 1.29 is 13.9 Å². The van der Waals surface area contributed by atoms with Gasteiger partial charge in [0.1, 0.15) is 5.82 Å². The van der Waals surface area contributed by atoms with E-state index in [1.807, 2.05) is 0 Å². The van der Waals surface area contributed by atoms with E-state index in [4.69, 9.17) is 4.74 Å². The van der Waals surface area contributed by atoms with E-state index in [0.717, 1.165) is 0 Å². The van der Waals surface area contributed by atoms with E-state index >= 15 is 0 Å². The minimum absolute atomic E-state index is 0.279. The van der Waals surface area contributed by atoms with E-state index in [9.17, 15) is 9.18 Å². The van der Waals surface area contributed by atoms with Crippen LogP contribution in [0.3, 0.4) is 0 Å². The van der Waals surface area contributed by atoms with E-state index in [-0.39, 0.29) is 6.61 Å². The topological polar surface area (TPSA) is 39.2 Å². The number of benzene rings is 1. The van der Waals surface area contributed by atoms with Crippen molar-refractivity contribution in [2.45, 2.75) is 12.3 Å². The third-order valence-electron chi connectivity index (χ3n) is 2.46. The third-order valence-corrected chi connectivity index (χ3v) is 3.03. The monoisotopic (exact) mass is 311 g/mol. The van der Waals surface area contributed by atoms with Gasteiger partial charge in [-0.1, -0.05) is 15.9 Å². The Morgan fingerprint density at radius 2 is 2.22 bits per heavy atom. The molecule has 0 spiro atoms. The van der Waals surface area contributed by atoms with E-state index in [1.54, 1.807) is 19.1 Å². The lowest BCUT2D eigenvalue weighted by atomic mass is 10.1. The van der Waals surface area contributed by atoms with Crippen LogP contribution in [0.1, 0.15) is 23.0 Å². The largest absolute Gasteiger partial charge is 0.462 e. The molecule has 3 nitrogen and oxygen atoms in total. The first-order valence-electron chi connectivity index (χ1n) is 5.48. The summed E-state index contributed by atoms with van der Waals surface area (Å²) in [6, 6.07) is 5.79. The molecule has 0 aliphatic rings. The number of nitrogens with zero attached hydrogens (tertiary/aromatic N) is 1. The minimum Gasteiger partial charge on any atom is -0.462 e. The van der Waals surface area contributed by atoms with Crippen molar-refractivity contribution in [3.05, 3.63) is 41.3 Å². The van der Waals surface area contributed by atoms with Crippen LogP contribution in [-0.4, -0.2) is 17.6 Å². The summed E-state index contributed by atoms with van der Waals surface area (Å²) >= 11 is 3.29. The van der Waals surface area contributed by atoms with Crippen LogP contribution < -0.4 is 0 Å². The Morgan fingerprint density at radius 1 is 1.44 bits per heavy atom. The van der Waals surface area contributed by atoms with E-state index in [0.29, 0.717) is 27.5 Å². The molecular weight excluding hydrogens is 301 g/mol. The second kappa shape index (κ2) is 5.44. The zero-order valence-corrected chi connectivity index (χ0v) is 11.3. The number of alkyl halides is 1. The first-order chi connectivity index (χ1) is 8.65. The van der Waals surface area contributed by atoms with Crippen molar-refractivity contribution in [1.29, 1.82) is 0 Å². The molecule has 2 aromatic rings. The summed E-state index contributed by atoms with van der Waals surface area (Å²) < 4.78 is 18.2. The summed E-state index contributed by atoms with van der Waals surface area (Å²) in [5.41, 5.74) is 1.63. The molecule has 1 heterocycles. The van der Waals surface area contributed by atoms with Gasteiger partial charge in [-0.05, 0) is 31.2 Å². The van der Waals surface area contributed by atoms with Gasteiger partial charge in [-0.3, -0.25) is 4.98 Å². The summed E-state index contributed by atoms with van der Waals surface area (Å²) in [4.78, 5) is 16.2. The van der Waals surface area contributed by atoms with Crippen LogP contribution in [0, 0.1) is 5.82 Å². The molecular formula is C13H11BrFNO2. The summed E-state index contributed by atoms with van der Waals surface area (Å²) in [6.45, 7) is 2.01. The maximum atomic E-state index is 13.3. The average molecular weight is 312 g/mol. The predicted octanol–water partition coefficient (Wildman–Crippen LogP) is 3.45. The standard InChI is InChI=1S/C13H11BrFNO2/c1-2-18-13(17)11-6-9(7-14)16-12-4-3-8(15)5-10(11)12/h3-6H,2,7H2,1H3. The molecule has 0 aliphatic carbocycles. The Morgan fingerprint density at radius 3 is 2.89 bits per heavy atom. The first kappa shape index (κ1) is 13.0. The van der Waals surface area contributed by atoms with Crippen LogP contribution in [0.25, 0.3) is 10.9 Å². The van der Waals surface area contributed by atoms with E-state index in [1.165, 1.54) is 12.1 Å². The molecule has 0 bridgehead atoms. The maximum absolute atomic E-state index is 13.3. The Balaban J connectivity index is 2.67. The van der Waals surface area contributed by atoms with E-state index < -0.39 is 11.8 Å². The van der Waals surface area contributed by atoms with Gasteiger partial charge in [0.25, 0.3) is 0 Å². The Bertz CT molecular complexity index is 601. The molecule has 0 unspecified atom stereocenters. The molecule has 0 radical (unpaired) electrons. The van der Waals surface area contributed by atoms with Gasteiger partial charge in [0, 0.05) is 10.7 Å². The number of fused-ring (bicyclic) bond motifs is 1. The van der Waals surface area contributed by atoms with Crippen LogP contribution >= 0.6 is 15.9 Å². The molecule has 0 aliphatic heterocycles. The zero-order chi connectivity index (χ0) is 13.1. The number of esters is 1. The summed E-state index contributed by atoms with van der Waals surface area (Å²) in [5, 5.41) is 0.991. The molecule has 2 rings (SSSR count). The molecule has 0 N–H and O–H groups in total. The number of hydrogen-bond donors (Lipinski definition) is 0. The van der Waals surface area contributed by atoms with Crippen molar-refractivity contribution in [3.8, 4) is 0 Å². The Kier molecular flexibility index (Phi) is 3.91. The molecule has 5 heteroatoms. The van der Waals surface area contributed by atoms with Crippen molar-refractivity contribution in [3.63, 3.8) is 0 Å². The SMILES string of the molecule is CCOC(=O)c1cc(CBr)nc2ccc(F)cc12. The number of rotatable bonds is 3. The number of ether oxygens (including phenoxy) is 1. The molecule has 0 amide bonds. The zero-order valence-electron chi connectivity index (χ0n) is 9.74. The van der Waals surface area contributed by atoms with Gasteiger partial charge in [-0.25, -0.2) is 9.18 Å². The molecule has 0 atom stereocenters. The molecule has 0 fully saturated rings. The van der Waals surface area contributed by atoms with Gasteiger partial charge in [0.15, 0.2) is 0 Å². The highest BCUT2D eigenvalue weighted by Gasteiger charge is 2.14. The van der Waals surface area contributed by atoms with Gasteiger partial charge in [-0.15, -0.1) is 0 Å². The van der Waals surface area contributed by atoms with Crippen molar-refractivity contribution >= 4 is 32.8 Å². The van der Waals surface area contributed by atoms with Crippen molar-refractivity contribution in [2.24, 2.45) is 0 Å². The predicted molar refractivity (Wildman–Crippen MR) is 70.3 cm³/mol. The van der Waals surface area contributed by atoms with Crippen LogP contribution in [-0.2, 0) is 10.1 Å². The molecule has 94 valence electrons. The molecule has 18 heavy (non-hydrogen) atoms. The normalized spacial score (nSPS) is 10.6. The summed E-state index contributed by atoms with van der Waals surface area (Å²) in [6.07, 6.45) is 0. The van der Waals surface area contributed by atoms with Gasteiger partial charge in [-0.2, -0.15) is 0 Å². The molecule has 1 aromatic heterocycles. The highest BCUT2D eigenvalue weighted by atomic mass is 79.9. The lowest BCUT2D eigenvalue weighted by Crippen LogP contribution is -2.07. The summed E-state index contributed by atoms with van der Waals surface area (Å²) in [7, 11) is 0. The summed E-state index contributed by atoms with van der Waals surface area (Å²) in [5.74, 6) is -0.862. The Hall–Kier alpha value is -1.49. The highest BCUT2D eigenvalue weighted by Crippen LogP contribution is 2.21. The average Bonchev–Trinajstić information content (AvgIpc) is 2.37. The molecule has 0 saturated carbocycles. The number of hydrogen-bond acceptors (Lipinski definition) is 3. The smallest absolute Gasteiger partial charge is 0.338 e. The van der Waals surface area contributed by atoms with Gasteiger partial charge in [0.2, 0.25) is 0 Å². The molecule has 1 aromatic carbocycles. The minimum atomic E-state index is -0.460. The fourth-order valence-electron chi connectivity index (χ4n) is 1.70. The quantitative estimate of drug-likeness (QED) is 0.644.